The summed E-state index contributed by atoms with van der Waals surface area (Å²) < 4.78 is 67.7. The zero-order chi connectivity index (χ0) is 91.8. The van der Waals surface area contributed by atoms with Gasteiger partial charge in [-0.3, -0.25) is 52.7 Å². The molecular formula is C80H138N8O36. The number of nitrogens with zero attached hydrogens (tertiary/aromatic N) is 1. The summed E-state index contributed by atoms with van der Waals surface area (Å²) in [4.78, 5) is 151. The van der Waals surface area contributed by atoms with Crippen LogP contribution in [0.25, 0.3) is 0 Å². The molecule has 5 saturated heterocycles. The summed E-state index contributed by atoms with van der Waals surface area (Å²) in [6.45, 7) is 8.17. The van der Waals surface area contributed by atoms with Gasteiger partial charge in [0.05, 0.1) is 117 Å². The van der Waals surface area contributed by atoms with Crippen LogP contribution in [0.2, 0.25) is 0 Å². The van der Waals surface area contributed by atoms with Crippen LogP contribution in [-0.2, 0) is 110 Å². The second-order valence-electron chi connectivity index (χ2n) is 32.5. The van der Waals surface area contributed by atoms with Gasteiger partial charge >= 0.3 is 0 Å². The van der Waals surface area contributed by atoms with Crippen LogP contribution < -0.4 is 37.2 Å². The molecule has 4 unspecified atom stereocenters. The van der Waals surface area contributed by atoms with Gasteiger partial charge in [0.25, 0.3) is 0 Å². The zero-order valence-corrected chi connectivity index (χ0v) is 72.1. The molecule has 5 rings (SSSR count). The lowest BCUT2D eigenvalue weighted by molar-refractivity contribution is -0.284. The Kier molecular flexibility index (Phi) is 49.1. The second kappa shape index (κ2) is 56.3. The SMILES string of the molecule is CC[C@]1(C)CN(C(=O)CCNC(=O)CCC(=O)C[C@H](CCC(=O)N[C@H](CCC(=O)NCCOCCOC2O[C@H](CO)[C@H](O)[C@H](O)[C@H]2NC(C)=O)C(=O)CCCOCCOC2O[C@H](CO)[C@H](O)[C@H](O)[C@H]2NC(C)=O)C(=O)N[C@H](CCC(=O)CCCOCCOC2O[C@H](CO)[C@H](O)[C@H](O)[C@H]2C)C(=O)NCCOCCOC2O[C@H](CO)[C@H](O)[C@H](O)[C@H]2C)C[C@]1(C)CO. The first kappa shape index (κ1) is 108. The average molecular weight is 1790 g/mol. The second-order valence-corrected chi connectivity index (χ2v) is 32.5. The van der Waals surface area contributed by atoms with Crippen LogP contribution in [0, 0.1) is 28.6 Å². The van der Waals surface area contributed by atoms with Crippen molar-refractivity contribution in [3.05, 3.63) is 0 Å². The number of aliphatic hydroxyl groups is 13. The van der Waals surface area contributed by atoms with Crippen LogP contribution in [-0.4, -0.2) is 404 Å². The first-order valence-electron chi connectivity index (χ1n) is 42.7. The number of carbonyl (C=O) groups excluding carboxylic acids is 11. The molecule has 0 aromatic rings. The summed E-state index contributed by atoms with van der Waals surface area (Å²) in [6, 6.07) is -5.29. The van der Waals surface area contributed by atoms with Crippen LogP contribution in [0.1, 0.15) is 145 Å². The molecule has 8 amide bonds. The summed E-state index contributed by atoms with van der Waals surface area (Å²) in [7, 11) is 0. The molecule has 0 bridgehead atoms. The van der Waals surface area contributed by atoms with Gasteiger partial charge in [-0.1, -0.05) is 34.6 Å². The van der Waals surface area contributed by atoms with Crippen LogP contribution in [0.4, 0.5) is 0 Å². The lowest BCUT2D eigenvalue weighted by Gasteiger charge is -2.42. The van der Waals surface area contributed by atoms with E-state index in [1.54, 1.807) is 18.7 Å². The Bertz CT molecular complexity index is 3250. The van der Waals surface area contributed by atoms with Crippen molar-refractivity contribution >= 4 is 64.6 Å². The van der Waals surface area contributed by atoms with E-state index in [1.807, 2.05) is 20.8 Å². The van der Waals surface area contributed by atoms with Crippen LogP contribution >= 0.6 is 0 Å². The maximum atomic E-state index is 14.8. The summed E-state index contributed by atoms with van der Waals surface area (Å²) in [5, 5.41) is 150. The maximum absolute atomic E-state index is 14.8. The molecule has 0 aliphatic carbocycles. The van der Waals surface area contributed by atoms with E-state index >= 15 is 0 Å². The molecule has 0 spiro atoms. The monoisotopic (exact) mass is 1790 g/mol. The molecule has 0 radical (unpaired) electrons. The number of ether oxygens (including phenoxy) is 12. The number of nitrogens with one attached hydrogen (secondary N) is 7. The van der Waals surface area contributed by atoms with Gasteiger partial charge in [-0.05, 0) is 43.9 Å². The molecule has 124 heavy (non-hydrogen) atoms. The summed E-state index contributed by atoms with van der Waals surface area (Å²) in [6.07, 6.45) is -23.8. The number of rotatable bonds is 60. The first-order chi connectivity index (χ1) is 59.0. The van der Waals surface area contributed by atoms with Gasteiger partial charge in [0.1, 0.15) is 90.7 Å². The molecular weight excluding hydrogens is 1650 g/mol. The van der Waals surface area contributed by atoms with Gasteiger partial charge < -0.3 is 165 Å². The normalized spacial score (nSPS) is 30.1. The predicted octanol–water partition coefficient (Wildman–Crippen LogP) is -7.48. The van der Waals surface area contributed by atoms with E-state index in [0.29, 0.717) is 19.5 Å². The lowest BCUT2D eigenvalue weighted by Crippen LogP contribution is -2.64. The van der Waals surface area contributed by atoms with E-state index in [-0.39, 0.29) is 180 Å². The third kappa shape index (κ3) is 35.0. The highest BCUT2D eigenvalue weighted by molar-refractivity contribution is 5.93. The Balaban J connectivity index is 1.30. The molecule has 5 fully saturated rings. The van der Waals surface area contributed by atoms with Gasteiger partial charge in [0.2, 0.25) is 47.3 Å². The molecule has 44 heteroatoms. The van der Waals surface area contributed by atoms with Crippen molar-refractivity contribution in [2.45, 2.75) is 267 Å². The fourth-order valence-corrected chi connectivity index (χ4v) is 14.9. The largest absolute Gasteiger partial charge is 0.396 e. The van der Waals surface area contributed by atoms with Crippen molar-refractivity contribution in [1.29, 1.82) is 0 Å². The van der Waals surface area contributed by atoms with Crippen molar-refractivity contribution in [2.24, 2.45) is 28.6 Å². The Morgan fingerprint density at radius 3 is 1.30 bits per heavy atom. The van der Waals surface area contributed by atoms with Crippen LogP contribution in [0.15, 0.2) is 0 Å². The van der Waals surface area contributed by atoms with E-state index < -0.39 is 257 Å². The third-order valence-corrected chi connectivity index (χ3v) is 23.1. The Morgan fingerprint density at radius 1 is 0.411 bits per heavy atom. The van der Waals surface area contributed by atoms with E-state index in [0.717, 1.165) is 0 Å². The number of Topliss-reactive ketones (excluding diaryl/α,β-unsaturated/α-hetero) is 3. The van der Waals surface area contributed by atoms with Gasteiger partial charge in [0.15, 0.2) is 30.9 Å². The minimum absolute atomic E-state index is 0.0170. The highest BCUT2D eigenvalue weighted by atomic mass is 16.7. The van der Waals surface area contributed by atoms with Crippen molar-refractivity contribution in [3.8, 4) is 0 Å². The van der Waals surface area contributed by atoms with E-state index in [2.05, 4.69) is 37.2 Å². The molecule has 44 nitrogen and oxygen atoms in total. The summed E-state index contributed by atoms with van der Waals surface area (Å²) in [5.41, 5.74) is -0.915. The van der Waals surface area contributed by atoms with Crippen molar-refractivity contribution in [1.82, 2.24) is 42.1 Å². The minimum atomic E-state index is -1.58. The van der Waals surface area contributed by atoms with Gasteiger partial charge in [0, 0.05) is 141 Å². The van der Waals surface area contributed by atoms with Gasteiger partial charge in [-0.2, -0.15) is 0 Å². The minimum Gasteiger partial charge on any atom is -0.396 e. The maximum Gasteiger partial charge on any atom is 0.242 e. The molecule has 5 aliphatic heterocycles. The number of hydrogen-bond acceptors (Lipinski definition) is 36. The van der Waals surface area contributed by atoms with Crippen molar-refractivity contribution in [2.75, 3.05) is 145 Å². The Morgan fingerprint density at radius 2 is 0.831 bits per heavy atom. The van der Waals surface area contributed by atoms with E-state index in [1.165, 1.54) is 13.8 Å². The molecule has 5 heterocycles. The zero-order valence-electron chi connectivity index (χ0n) is 72.1. The Hall–Kier alpha value is -6.23. The van der Waals surface area contributed by atoms with E-state index in [9.17, 15) is 119 Å². The first-order valence-corrected chi connectivity index (χ1v) is 42.7. The number of ketones is 3. The van der Waals surface area contributed by atoms with Crippen molar-refractivity contribution < 1.29 is 176 Å². The third-order valence-electron chi connectivity index (χ3n) is 23.1. The topological polar surface area (TPSA) is 649 Å². The molecule has 0 saturated carbocycles. The molecule has 20 N–H and O–H groups in total. The molecule has 0 aromatic heterocycles. The molecule has 714 valence electrons. The number of aliphatic hydroxyl groups excluding tert-OH is 13. The number of hydrogen-bond donors (Lipinski definition) is 20. The number of amides is 8. The Labute approximate surface area is 721 Å². The molecule has 5 aliphatic rings. The highest BCUT2D eigenvalue weighted by Gasteiger charge is 2.53. The number of likely N-dealkylation sites (tertiary alicyclic amines) is 1. The standard InChI is InChI=1S/C80H138N8O36/c1-8-79(6)42-88(43-80(79,7)44-93)62(102)21-22-81-59(99)19-15-51(97)37-49(73(111)87-53(74(112)83-24-28-116-31-34-118-76-46(3)66(104)68(106)56(39-90)122-76)16-14-50(96)11-9-25-113-29-33-117-75-45(2)65(103)67(105)55(38-89)121-75)13-18-61(101)86-52(54(98)12-10-26-114-30-35-119-77-63(84-47(4)94)71(109)69(107)57(40-91)123-77)17-20-60(100)82-23-27-115-32-36-120-78-64(85-48(5)95)72(110)70(108)58(41-92)124-78/h45-46,49,52-53,55-58,63-72,75-78,89-93,103-110H,8-44H2,1-7H3,(H,81,99)(H,82,100)(H,83,112)(H,84,94)(H,85,95)(H,86,101)(H,87,111)/t45-,46-,49+,52-,53-,55-,56-,57-,58-,63-,64-,65-,66-,67+,68+,69+,70+,71-,72-,75?,76?,77?,78?,79-,80-/m1/s1. The molecule has 25 atom stereocenters. The molecule has 0 aromatic carbocycles. The smallest absolute Gasteiger partial charge is 0.242 e. The van der Waals surface area contributed by atoms with Crippen LogP contribution in [0.5, 0.6) is 0 Å². The van der Waals surface area contributed by atoms with Gasteiger partial charge in [-0.25, -0.2) is 0 Å². The van der Waals surface area contributed by atoms with Crippen molar-refractivity contribution in [3.63, 3.8) is 0 Å². The summed E-state index contributed by atoms with van der Waals surface area (Å²) in [5.74, 6) is -9.53. The van der Waals surface area contributed by atoms with Crippen LogP contribution in [0.3, 0.4) is 0 Å². The average Bonchev–Trinajstić information content (AvgIpc) is 1.67. The highest BCUT2D eigenvalue weighted by Crippen LogP contribution is 2.48. The van der Waals surface area contributed by atoms with Gasteiger partial charge in [-0.15, -0.1) is 0 Å². The lowest BCUT2D eigenvalue weighted by atomic mass is 9.67. The summed E-state index contributed by atoms with van der Waals surface area (Å²) >= 11 is 0. The fraction of sp³-hybridized carbons (Fsp3) is 0.863. The number of carbonyl (C=O) groups is 11. The quantitative estimate of drug-likeness (QED) is 0.0252. The fourth-order valence-electron chi connectivity index (χ4n) is 14.9. The van der Waals surface area contributed by atoms with E-state index in [4.69, 9.17) is 56.8 Å². The predicted molar refractivity (Wildman–Crippen MR) is 428 cm³/mol.